The Morgan fingerprint density at radius 1 is 0.837 bits per heavy atom. The van der Waals surface area contributed by atoms with Gasteiger partial charge in [-0.25, -0.2) is 4.99 Å². The fourth-order valence-corrected chi connectivity index (χ4v) is 5.65. The van der Waals surface area contributed by atoms with Gasteiger partial charge < -0.3 is 14.5 Å². The lowest BCUT2D eigenvalue weighted by molar-refractivity contribution is -0.141. The normalized spacial score (nSPS) is 14.3. The van der Waals surface area contributed by atoms with Crippen LogP contribution >= 0.6 is 0 Å². The number of ether oxygens (including phenoxy) is 2. The Morgan fingerprint density at radius 3 is 1.95 bits per heavy atom. The Kier molecular flexibility index (Phi) is 11.0. The van der Waals surface area contributed by atoms with Gasteiger partial charge in [0.25, 0.3) is 0 Å². The van der Waals surface area contributed by atoms with Crippen molar-refractivity contribution in [1.82, 2.24) is 4.98 Å². The largest absolute Gasteiger partial charge is 0.469 e. The first-order valence-corrected chi connectivity index (χ1v) is 21.7. The van der Waals surface area contributed by atoms with Gasteiger partial charge in [-0.3, -0.25) is 9.59 Å². The maximum atomic E-state index is 12.3. The van der Waals surface area contributed by atoms with Gasteiger partial charge in [0.15, 0.2) is 0 Å². The molecule has 0 radical (unpaired) electrons. The van der Waals surface area contributed by atoms with E-state index in [4.69, 9.17) is 14.5 Å². The van der Waals surface area contributed by atoms with Gasteiger partial charge in [0.05, 0.1) is 31.3 Å². The maximum absolute atomic E-state index is 12.3. The summed E-state index contributed by atoms with van der Waals surface area (Å²) in [5, 5.41) is 0. The van der Waals surface area contributed by atoms with E-state index in [1.807, 2.05) is 25.1 Å². The zero-order valence-electron chi connectivity index (χ0n) is 27.3. The number of hydrogen-bond donors (Lipinski definition) is 1. The predicted octanol–water partition coefficient (Wildman–Crippen LogP) is 7.02. The van der Waals surface area contributed by atoms with Crippen molar-refractivity contribution in [2.75, 3.05) is 14.2 Å². The average Bonchev–Trinajstić information content (AvgIpc) is 3.43. The number of nitrogens with zero attached hydrogens (tertiary/aromatic N) is 1. The molecule has 0 unspecified atom stereocenters. The fourth-order valence-electron chi connectivity index (χ4n) is 4.66. The lowest BCUT2D eigenvalue weighted by Gasteiger charge is -2.15. The number of aromatic nitrogens is 1. The zero-order chi connectivity index (χ0) is 31.9. The second kappa shape index (κ2) is 14.1. The summed E-state index contributed by atoms with van der Waals surface area (Å²) in [5.74, 6) is 6.24. The van der Waals surface area contributed by atoms with Crippen LogP contribution in [0, 0.1) is 29.9 Å². The van der Waals surface area contributed by atoms with E-state index < -0.39 is 16.1 Å². The van der Waals surface area contributed by atoms with E-state index in [-0.39, 0.29) is 24.8 Å². The lowest BCUT2D eigenvalue weighted by atomic mass is 9.90. The molecular weight excluding hydrogens is 569 g/mol. The number of esters is 2. The van der Waals surface area contributed by atoms with E-state index in [9.17, 15) is 9.59 Å². The van der Waals surface area contributed by atoms with Gasteiger partial charge in [0.2, 0.25) is 0 Å². The minimum absolute atomic E-state index is 0.227. The molecule has 0 spiro atoms. The molecule has 0 aliphatic carbocycles. The summed E-state index contributed by atoms with van der Waals surface area (Å²) in [4.78, 5) is 33.4. The predicted molar refractivity (Wildman–Crippen MR) is 181 cm³/mol. The van der Waals surface area contributed by atoms with Crippen LogP contribution in [0.25, 0.3) is 5.57 Å². The summed E-state index contributed by atoms with van der Waals surface area (Å²) in [7, 11) is -0.520. The molecule has 2 aromatic rings. The van der Waals surface area contributed by atoms with Gasteiger partial charge in [-0.05, 0) is 54.5 Å². The maximum Gasteiger partial charge on any atom is 0.305 e. The number of nitrogens with one attached hydrogen (secondary N) is 1. The third-order valence-electron chi connectivity index (χ3n) is 6.98. The number of aromatic amines is 1. The van der Waals surface area contributed by atoms with Crippen molar-refractivity contribution in [3.63, 3.8) is 0 Å². The van der Waals surface area contributed by atoms with Gasteiger partial charge in [-0.1, -0.05) is 81.5 Å². The molecule has 6 nitrogen and oxygen atoms in total. The average molecular weight is 613 g/mol. The first-order chi connectivity index (χ1) is 20.1. The van der Waals surface area contributed by atoms with E-state index in [0.717, 1.165) is 56.2 Å². The molecule has 226 valence electrons. The molecule has 1 aromatic carbocycles. The number of carbonyl (C=O) groups is 2. The van der Waals surface area contributed by atoms with Gasteiger partial charge in [-0.15, -0.1) is 11.1 Å². The zero-order valence-corrected chi connectivity index (χ0v) is 29.3. The molecule has 43 heavy (non-hydrogen) atoms. The second-order valence-electron chi connectivity index (χ2n) is 12.8. The number of allylic oxidation sites excluding steroid dienone is 2. The van der Waals surface area contributed by atoms with E-state index in [1.165, 1.54) is 14.2 Å². The minimum Gasteiger partial charge on any atom is -0.469 e. The highest BCUT2D eigenvalue weighted by Crippen LogP contribution is 2.40. The van der Waals surface area contributed by atoms with Crippen LogP contribution in [0.4, 0.5) is 0 Å². The second-order valence-corrected chi connectivity index (χ2v) is 22.3. The Labute approximate surface area is 259 Å². The molecular formula is C35H44N2O4Si2. The van der Waals surface area contributed by atoms with Crippen molar-refractivity contribution in [2.24, 2.45) is 4.99 Å². The third kappa shape index (κ3) is 9.06. The summed E-state index contributed by atoms with van der Waals surface area (Å²) in [6, 6.07) is 10.1. The summed E-state index contributed by atoms with van der Waals surface area (Å²) >= 11 is 0. The van der Waals surface area contributed by atoms with Crippen LogP contribution in [0.3, 0.4) is 0 Å². The van der Waals surface area contributed by atoms with Crippen LogP contribution in [0.15, 0.2) is 52.2 Å². The first kappa shape index (κ1) is 33.6. The SMILES string of the molecule is COC(=O)CCC1=C(C)C(C#C[Si](C)(C)C)=N/C1=C(/c1ccccc1)c1[nH]c(C#C[Si](C)(C)C)c(C)c1CCC(=O)OC. The fraction of sp³-hybridized carbons (Fsp3) is 0.400. The van der Waals surface area contributed by atoms with Crippen molar-refractivity contribution in [3.8, 4) is 22.9 Å². The van der Waals surface area contributed by atoms with Crippen molar-refractivity contribution in [2.45, 2.75) is 78.8 Å². The van der Waals surface area contributed by atoms with E-state index in [0.29, 0.717) is 12.8 Å². The van der Waals surface area contributed by atoms with Crippen LogP contribution in [0.2, 0.25) is 39.3 Å². The van der Waals surface area contributed by atoms with E-state index in [1.54, 1.807) is 0 Å². The molecule has 0 amide bonds. The van der Waals surface area contributed by atoms with E-state index in [2.05, 4.69) is 86.3 Å². The van der Waals surface area contributed by atoms with Crippen LogP contribution in [-0.2, 0) is 25.5 Å². The van der Waals surface area contributed by atoms with E-state index >= 15 is 0 Å². The quantitative estimate of drug-likeness (QED) is 0.197. The number of aliphatic imine (C=N–C) groups is 1. The molecule has 0 saturated carbocycles. The number of H-pyrrole nitrogens is 1. The summed E-state index contributed by atoms with van der Waals surface area (Å²) < 4.78 is 9.98. The van der Waals surface area contributed by atoms with Crippen LogP contribution in [0.1, 0.15) is 54.3 Å². The van der Waals surface area contributed by atoms with Crippen molar-refractivity contribution in [3.05, 3.63) is 75.3 Å². The molecule has 0 fully saturated rings. The number of rotatable bonds is 8. The molecule has 0 bridgehead atoms. The van der Waals surface area contributed by atoms with Gasteiger partial charge in [0, 0.05) is 18.4 Å². The molecule has 0 atom stereocenters. The molecule has 8 heteroatoms. The summed E-state index contributed by atoms with van der Waals surface area (Å²) in [6.45, 7) is 17.3. The minimum atomic E-state index is -1.68. The van der Waals surface area contributed by atoms with Crippen LogP contribution in [-0.4, -0.2) is 53.0 Å². The smallest absolute Gasteiger partial charge is 0.305 e. The number of carbonyl (C=O) groups excluding carboxylic acids is 2. The van der Waals surface area contributed by atoms with Crippen molar-refractivity contribution < 1.29 is 19.1 Å². The molecule has 1 aliphatic heterocycles. The molecule has 1 aromatic heterocycles. The number of methoxy groups -OCH3 is 2. The van der Waals surface area contributed by atoms with Crippen LogP contribution in [0.5, 0.6) is 0 Å². The summed E-state index contributed by atoms with van der Waals surface area (Å²) in [6.07, 6.45) is 1.41. The number of benzene rings is 1. The topological polar surface area (TPSA) is 80.8 Å². The first-order valence-electron chi connectivity index (χ1n) is 14.7. The van der Waals surface area contributed by atoms with Gasteiger partial charge in [0.1, 0.15) is 21.9 Å². The molecule has 0 saturated heterocycles. The summed E-state index contributed by atoms with van der Waals surface area (Å²) in [5.41, 5.74) is 16.0. The Balaban J connectivity index is 2.42. The monoisotopic (exact) mass is 612 g/mol. The Hall–Kier alpha value is -3.86. The molecule has 1 N–H and O–H groups in total. The standard InChI is InChI=1S/C35H44N2O4Si2/c1-24-27(16-18-31(38)40-3)34(36-29(24)20-22-42(5,6)7)33(26-14-12-11-13-15-26)35-28(17-19-32(39)41-4)25(2)30(37-35)21-23-43(8,9)10/h11-15,36H,16-19H2,1-10H3/b35-33-. The Morgan fingerprint density at radius 2 is 1.40 bits per heavy atom. The highest BCUT2D eigenvalue weighted by molar-refractivity contribution is 6.84. The Bertz CT molecular complexity index is 1610. The molecule has 2 heterocycles. The third-order valence-corrected chi connectivity index (χ3v) is 8.73. The highest BCUT2D eigenvalue weighted by Gasteiger charge is 2.28. The molecule has 3 rings (SSSR count). The van der Waals surface area contributed by atoms with Crippen molar-refractivity contribution in [1.29, 1.82) is 0 Å². The number of hydrogen-bond acceptors (Lipinski definition) is 5. The van der Waals surface area contributed by atoms with Crippen molar-refractivity contribution >= 4 is 39.4 Å². The lowest BCUT2D eigenvalue weighted by Crippen LogP contribution is -2.17. The van der Waals surface area contributed by atoms with Gasteiger partial charge >= 0.3 is 11.9 Å². The molecule has 1 aliphatic rings. The highest BCUT2D eigenvalue weighted by atomic mass is 28.3. The van der Waals surface area contributed by atoms with Crippen LogP contribution < -0.4 is 0 Å². The van der Waals surface area contributed by atoms with Gasteiger partial charge in [-0.2, -0.15) is 0 Å².